The highest BCUT2D eigenvalue weighted by molar-refractivity contribution is 6.28. The van der Waals surface area contributed by atoms with Crippen molar-refractivity contribution in [1.29, 1.82) is 0 Å². The largest absolute Gasteiger partial charge is 0.456 e. The number of benzene rings is 10. The second-order valence-electron chi connectivity index (χ2n) is 13.7. The molecule has 0 radical (unpaired) electrons. The Balaban J connectivity index is 1.06. The van der Waals surface area contributed by atoms with E-state index in [1.165, 1.54) is 76.1 Å². The van der Waals surface area contributed by atoms with Crippen LogP contribution in [0.2, 0.25) is 0 Å². The normalized spacial score (nSPS) is 12.4. The Morgan fingerprint density at radius 3 is 1.12 bits per heavy atom. The van der Waals surface area contributed by atoms with Crippen molar-refractivity contribution in [3.05, 3.63) is 158 Å². The number of furan rings is 2. The number of hydrogen-bond acceptors (Lipinski definition) is 2. The highest BCUT2D eigenvalue weighted by atomic mass is 16.3. The number of hydrogen-bond donors (Lipinski definition) is 0. The Hall–Kier alpha value is -6.64. The van der Waals surface area contributed by atoms with Gasteiger partial charge in [0, 0.05) is 21.5 Å². The molecule has 2 heteroatoms. The predicted octanol–water partition coefficient (Wildman–Crippen LogP) is 14.0. The van der Waals surface area contributed by atoms with Gasteiger partial charge in [-0.2, -0.15) is 0 Å². The molecule has 2 nitrogen and oxygen atoms in total. The molecule has 12 rings (SSSR count). The van der Waals surface area contributed by atoms with Crippen molar-refractivity contribution in [3.8, 4) is 22.3 Å². The van der Waals surface area contributed by atoms with E-state index in [0.717, 1.165) is 43.9 Å². The van der Waals surface area contributed by atoms with Crippen molar-refractivity contribution in [2.75, 3.05) is 0 Å². The van der Waals surface area contributed by atoms with Gasteiger partial charge in [0.05, 0.1) is 0 Å². The van der Waals surface area contributed by atoms with Crippen LogP contribution in [0.15, 0.2) is 167 Å². The summed E-state index contributed by atoms with van der Waals surface area (Å²) in [4.78, 5) is 0. The van der Waals surface area contributed by atoms with Crippen molar-refractivity contribution in [3.63, 3.8) is 0 Å². The minimum Gasteiger partial charge on any atom is -0.456 e. The topological polar surface area (TPSA) is 26.3 Å². The fraction of sp³-hybridized carbons (Fsp3) is 0. The van der Waals surface area contributed by atoms with Gasteiger partial charge >= 0.3 is 0 Å². The molecule has 0 amide bonds. The first kappa shape index (κ1) is 26.3. The summed E-state index contributed by atoms with van der Waals surface area (Å²) in [6.45, 7) is 0. The van der Waals surface area contributed by atoms with Gasteiger partial charge < -0.3 is 8.83 Å². The summed E-state index contributed by atoms with van der Waals surface area (Å²) in [7, 11) is 0. The first-order valence-corrected chi connectivity index (χ1v) is 17.1. The molecule has 0 saturated heterocycles. The minimum atomic E-state index is 0.914. The van der Waals surface area contributed by atoms with Crippen molar-refractivity contribution in [2.24, 2.45) is 0 Å². The molecule has 0 atom stereocenters. The van der Waals surface area contributed by atoms with Crippen LogP contribution in [0.5, 0.6) is 0 Å². The molecule has 2 heterocycles. The van der Waals surface area contributed by atoms with Gasteiger partial charge in [0.2, 0.25) is 0 Å². The van der Waals surface area contributed by atoms with E-state index in [4.69, 9.17) is 8.83 Å². The van der Waals surface area contributed by atoms with Gasteiger partial charge in [0.15, 0.2) is 0 Å². The van der Waals surface area contributed by atoms with E-state index in [1.807, 2.05) is 0 Å². The third-order valence-corrected chi connectivity index (χ3v) is 11.0. The highest BCUT2D eigenvalue weighted by Gasteiger charge is 2.17. The third-order valence-electron chi connectivity index (χ3n) is 11.0. The van der Waals surface area contributed by atoms with Gasteiger partial charge in [-0.15, -0.1) is 0 Å². The lowest BCUT2D eigenvalue weighted by Gasteiger charge is -2.16. The monoisotopic (exact) mass is 634 g/mol. The van der Waals surface area contributed by atoms with E-state index in [9.17, 15) is 0 Å². The molecule has 10 aromatic carbocycles. The fourth-order valence-corrected chi connectivity index (χ4v) is 8.56. The summed E-state index contributed by atoms with van der Waals surface area (Å²) >= 11 is 0. The maximum atomic E-state index is 6.34. The number of rotatable bonds is 2. The van der Waals surface area contributed by atoms with Crippen molar-refractivity contribution in [1.82, 2.24) is 0 Å². The SMILES string of the molecule is c1ccc2cc3c(cc2c1)oc1ccc(-c2ccc4ccc5c(-c6ccc7oc8cc9ccccc9cc8c7c6)ccc6ccc2c4c65)cc13. The quantitative estimate of drug-likeness (QED) is 0.177. The van der Waals surface area contributed by atoms with E-state index >= 15 is 0 Å². The minimum absolute atomic E-state index is 0.914. The average Bonchev–Trinajstić information content (AvgIpc) is 3.71. The van der Waals surface area contributed by atoms with Gasteiger partial charge in [0.25, 0.3) is 0 Å². The lowest BCUT2D eigenvalue weighted by Crippen LogP contribution is -1.89. The van der Waals surface area contributed by atoms with Gasteiger partial charge in [-0.3, -0.25) is 0 Å². The van der Waals surface area contributed by atoms with Gasteiger partial charge in [-0.1, -0.05) is 109 Å². The van der Waals surface area contributed by atoms with Gasteiger partial charge in [0.1, 0.15) is 22.3 Å². The zero-order valence-corrected chi connectivity index (χ0v) is 26.8. The van der Waals surface area contributed by atoms with Crippen molar-refractivity contribution in [2.45, 2.75) is 0 Å². The molecule has 0 aliphatic heterocycles. The Bertz CT molecular complexity index is 3150. The second kappa shape index (κ2) is 9.49. The Labute approximate surface area is 285 Å². The molecule has 50 heavy (non-hydrogen) atoms. The van der Waals surface area contributed by atoms with Crippen LogP contribution in [0, 0.1) is 0 Å². The van der Waals surface area contributed by atoms with Crippen LogP contribution in [0.25, 0.3) is 120 Å². The molecule has 0 unspecified atom stereocenters. The first-order chi connectivity index (χ1) is 24.7. The summed E-state index contributed by atoms with van der Waals surface area (Å²) in [6.07, 6.45) is 0. The standard InChI is InChI=1S/C48H26O2/c1-3-7-31-25-45-41(21-29(31)5-1)39-23-33(13-19-43(39)49-45)35-15-9-27-12-18-38-36(16-10-28-11-17-37(35)47(27)48(28)38)34-14-20-44-40(24-34)42-22-30-6-2-4-8-32(30)26-46(42)50-44/h1-26H. The molecule has 0 aliphatic carbocycles. The van der Waals surface area contributed by atoms with Crippen LogP contribution in [-0.2, 0) is 0 Å². The van der Waals surface area contributed by atoms with Crippen LogP contribution in [0.4, 0.5) is 0 Å². The Kier molecular flexibility index (Phi) is 5.00. The lowest BCUT2D eigenvalue weighted by atomic mass is 9.87. The summed E-state index contributed by atoms with van der Waals surface area (Å²) in [5, 5.41) is 17.1. The van der Waals surface area contributed by atoms with E-state index < -0.39 is 0 Å². The molecule has 230 valence electrons. The van der Waals surface area contributed by atoms with Crippen LogP contribution in [0.3, 0.4) is 0 Å². The van der Waals surface area contributed by atoms with Gasteiger partial charge in [-0.05, 0) is 125 Å². The molecule has 0 spiro atoms. The smallest absolute Gasteiger partial charge is 0.136 e. The predicted molar refractivity (Wildman–Crippen MR) is 211 cm³/mol. The molecule has 0 aliphatic rings. The number of fused-ring (bicyclic) bond motifs is 8. The summed E-state index contributed by atoms with van der Waals surface area (Å²) < 4.78 is 12.7. The van der Waals surface area contributed by atoms with Crippen LogP contribution < -0.4 is 0 Å². The molecule has 0 saturated carbocycles. The zero-order valence-electron chi connectivity index (χ0n) is 26.8. The summed E-state index contributed by atoms with van der Waals surface area (Å²) in [6, 6.07) is 57.4. The maximum absolute atomic E-state index is 6.34. The average molecular weight is 635 g/mol. The van der Waals surface area contributed by atoms with Crippen LogP contribution in [0.1, 0.15) is 0 Å². The molecule has 12 aromatic rings. The van der Waals surface area contributed by atoms with Crippen LogP contribution >= 0.6 is 0 Å². The van der Waals surface area contributed by atoms with E-state index in [2.05, 4.69) is 158 Å². The van der Waals surface area contributed by atoms with Crippen LogP contribution in [-0.4, -0.2) is 0 Å². The lowest BCUT2D eigenvalue weighted by molar-refractivity contribution is 0.669. The van der Waals surface area contributed by atoms with Crippen molar-refractivity contribution < 1.29 is 8.83 Å². The first-order valence-electron chi connectivity index (χ1n) is 17.1. The molecule has 0 bridgehead atoms. The molecule has 0 fully saturated rings. The van der Waals surface area contributed by atoms with E-state index in [0.29, 0.717) is 0 Å². The third kappa shape index (κ3) is 3.57. The van der Waals surface area contributed by atoms with Gasteiger partial charge in [-0.25, -0.2) is 0 Å². The fourth-order valence-electron chi connectivity index (χ4n) is 8.56. The summed E-state index contributed by atoms with van der Waals surface area (Å²) in [5.41, 5.74) is 8.52. The highest BCUT2D eigenvalue weighted by Crippen LogP contribution is 2.44. The zero-order chi connectivity index (χ0) is 32.5. The second-order valence-corrected chi connectivity index (χ2v) is 13.7. The van der Waals surface area contributed by atoms with Crippen molar-refractivity contribution >= 4 is 97.7 Å². The Morgan fingerprint density at radius 1 is 0.260 bits per heavy atom. The molecule has 0 N–H and O–H groups in total. The molecule has 2 aromatic heterocycles. The van der Waals surface area contributed by atoms with E-state index in [1.54, 1.807) is 0 Å². The van der Waals surface area contributed by atoms with E-state index in [-0.39, 0.29) is 0 Å². The summed E-state index contributed by atoms with van der Waals surface area (Å²) in [5.74, 6) is 0. The Morgan fingerprint density at radius 2 is 0.660 bits per heavy atom. The molecular weight excluding hydrogens is 609 g/mol. The molecular formula is C48H26O2. The maximum Gasteiger partial charge on any atom is 0.136 e.